The Hall–Kier alpha value is -3.47. The Bertz CT molecular complexity index is 1100. The van der Waals surface area contributed by atoms with Gasteiger partial charge in [0.25, 0.3) is 5.56 Å². The number of aromatic nitrogens is 2. The van der Waals surface area contributed by atoms with Gasteiger partial charge in [0.2, 0.25) is 0 Å². The van der Waals surface area contributed by atoms with E-state index in [1.54, 1.807) is 13.3 Å². The minimum Gasteiger partial charge on any atom is -0.495 e. The smallest absolute Gasteiger partial charge is 0.255 e. The number of aromatic amines is 2. The molecule has 0 aliphatic rings. The van der Waals surface area contributed by atoms with Crippen LogP contribution in [-0.2, 0) is 0 Å². The zero-order chi connectivity index (χ0) is 17.2. The van der Waals surface area contributed by atoms with Gasteiger partial charge in [-0.1, -0.05) is 24.3 Å². The van der Waals surface area contributed by atoms with Gasteiger partial charge in [-0.05, 0) is 35.9 Å². The number of ether oxygens (including phenoxy) is 1. The number of hydrogen-bond donors (Lipinski definition) is 3. The number of anilines is 2. The molecule has 5 heteroatoms. The van der Waals surface area contributed by atoms with E-state index in [2.05, 4.69) is 15.3 Å². The fourth-order valence-corrected chi connectivity index (χ4v) is 2.98. The molecule has 2 aromatic carbocycles. The predicted molar refractivity (Wildman–Crippen MR) is 101 cm³/mol. The first-order valence-electron chi connectivity index (χ1n) is 7.95. The third kappa shape index (κ3) is 2.76. The zero-order valence-electron chi connectivity index (χ0n) is 13.7. The molecule has 0 amide bonds. The number of pyridine rings is 1. The van der Waals surface area contributed by atoms with Crippen molar-refractivity contribution in [3.05, 3.63) is 77.3 Å². The maximum Gasteiger partial charge on any atom is 0.255 e. The molecule has 0 saturated heterocycles. The average Bonchev–Trinajstić information content (AvgIpc) is 3.12. The molecule has 25 heavy (non-hydrogen) atoms. The van der Waals surface area contributed by atoms with E-state index >= 15 is 0 Å². The summed E-state index contributed by atoms with van der Waals surface area (Å²) in [6.45, 7) is 0. The Morgan fingerprint density at radius 1 is 0.960 bits per heavy atom. The van der Waals surface area contributed by atoms with E-state index < -0.39 is 0 Å². The topological polar surface area (TPSA) is 69.9 Å². The summed E-state index contributed by atoms with van der Waals surface area (Å²) in [7, 11) is 1.63. The van der Waals surface area contributed by atoms with Crippen LogP contribution in [0.15, 0.2) is 71.8 Å². The fourth-order valence-electron chi connectivity index (χ4n) is 2.98. The highest BCUT2D eigenvalue weighted by molar-refractivity contribution is 5.95. The lowest BCUT2D eigenvalue weighted by molar-refractivity contribution is 0.417. The number of H-pyrrole nitrogens is 2. The molecule has 0 radical (unpaired) electrons. The van der Waals surface area contributed by atoms with Crippen LogP contribution in [0, 0.1) is 0 Å². The van der Waals surface area contributed by atoms with Gasteiger partial charge in [0.1, 0.15) is 5.75 Å². The van der Waals surface area contributed by atoms with Crippen molar-refractivity contribution >= 4 is 22.3 Å². The molecule has 2 heterocycles. The van der Waals surface area contributed by atoms with Gasteiger partial charge in [0.05, 0.1) is 18.5 Å². The third-order valence-corrected chi connectivity index (χ3v) is 4.17. The largest absolute Gasteiger partial charge is 0.495 e. The molecule has 0 bridgehead atoms. The van der Waals surface area contributed by atoms with Crippen molar-refractivity contribution in [2.75, 3.05) is 12.4 Å². The number of rotatable bonds is 4. The van der Waals surface area contributed by atoms with Crippen LogP contribution in [0.1, 0.15) is 0 Å². The van der Waals surface area contributed by atoms with Crippen LogP contribution in [0.2, 0.25) is 0 Å². The summed E-state index contributed by atoms with van der Waals surface area (Å²) in [5.74, 6) is 0.739. The molecule has 4 aromatic rings. The van der Waals surface area contributed by atoms with Crippen molar-refractivity contribution in [3.8, 4) is 16.9 Å². The normalized spacial score (nSPS) is 10.8. The van der Waals surface area contributed by atoms with Crippen LogP contribution in [0.4, 0.5) is 11.4 Å². The van der Waals surface area contributed by atoms with E-state index in [1.807, 2.05) is 60.8 Å². The second-order valence-corrected chi connectivity index (χ2v) is 5.70. The van der Waals surface area contributed by atoms with Gasteiger partial charge < -0.3 is 20.0 Å². The SMILES string of the molecule is COc1ccccc1Nc1c[nH]c(=O)c(-c2cccc3[nH]ccc23)c1. The number of nitrogens with one attached hydrogen (secondary N) is 3. The number of benzene rings is 2. The van der Waals surface area contributed by atoms with Crippen LogP contribution in [-0.4, -0.2) is 17.1 Å². The lowest BCUT2D eigenvalue weighted by atomic mass is 10.0. The van der Waals surface area contributed by atoms with E-state index in [0.717, 1.165) is 33.6 Å². The molecule has 0 unspecified atom stereocenters. The average molecular weight is 331 g/mol. The first-order valence-corrected chi connectivity index (χ1v) is 7.95. The molecule has 0 spiro atoms. The lowest BCUT2D eigenvalue weighted by Crippen LogP contribution is -2.09. The minimum absolute atomic E-state index is 0.126. The van der Waals surface area contributed by atoms with Gasteiger partial charge >= 0.3 is 0 Å². The number of methoxy groups -OCH3 is 1. The van der Waals surface area contributed by atoms with Crippen molar-refractivity contribution in [2.24, 2.45) is 0 Å². The summed E-state index contributed by atoms with van der Waals surface area (Å²) < 4.78 is 5.36. The predicted octanol–water partition coefficient (Wildman–Crippen LogP) is 4.28. The third-order valence-electron chi connectivity index (χ3n) is 4.17. The summed E-state index contributed by atoms with van der Waals surface area (Å²) in [5.41, 5.74) is 4.00. The highest BCUT2D eigenvalue weighted by Crippen LogP contribution is 2.30. The zero-order valence-corrected chi connectivity index (χ0v) is 13.7. The lowest BCUT2D eigenvalue weighted by Gasteiger charge is -2.12. The van der Waals surface area contributed by atoms with Crippen LogP contribution >= 0.6 is 0 Å². The Balaban J connectivity index is 1.79. The van der Waals surface area contributed by atoms with E-state index in [0.29, 0.717) is 5.56 Å². The monoisotopic (exact) mass is 331 g/mol. The summed E-state index contributed by atoms with van der Waals surface area (Å²) in [5, 5.41) is 4.32. The van der Waals surface area contributed by atoms with Crippen LogP contribution in [0.3, 0.4) is 0 Å². The van der Waals surface area contributed by atoms with E-state index in [9.17, 15) is 4.79 Å². The van der Waals surface area contributed by atoms with Crippen LogP contribution in [0.25, 0.3) is 22.0 Å². The summed E-state index contributed by atoms with van der Waals surface area (Å²) >= 11 is 0. The van der Waals surface area contributed by atoms with Gasteiger partial charge in [-0.15, -0.1) is 0 Å². The van der Waals surface area contributed by atoms with Gasteiger partial charge in [-0.2, -0.15) is 0 Å². The van der Waals surface area contributed by atoms with Gasteiger partial charge in [0, 0.05) is 28.9 Å². The minimum atomic E-state index is -0.126. The quantitative estimate of drug-likeness (QED) is 0.523. The van der Waals surface area contributed by atoms with Crippen molar-refractivity contribution < 1.29 is 4.74 Å². The molecule has 0 aliphatic heterocycles. The molecular weight excluding hydrogens is 314 g/mol. The van der Waals surface area contributed by atoms with Crippen molar-refractivity contribution in [1.29, 1.82) is 0 Å². The Kier molecular flexibility index (Phi) is 3.74. The molecule has 0 aliphatic carbocycles. The molecular formula is C20H17N3O2. The molecule has 3 N–H and O–H groups in total. The second kappa shape index (κ2) is 6.20. The first kappa shape index (κ1) is 15.1. The summed E-state index contributed by atoms with van der Waals surface area (Å²) in [4.78, 5) is 18.4. The number of hydrogen-bond acceptors (Lipinski definition) is 3. The number of para-hydroxylation sites is 2. The van der Waals surface area contributed by atoms with Crippen molar-refractivity contribution in [1.82, 2.24) is 9.97 Å². The Morgan fingerprint density at radius 2 is 1.84 bits per heavy atom. The molecule has 5 nitrogen and oxygen atoms in total. The summed E-state index contributed by atoms with van der Waals surface area (Å²) in [6, 6.07) is 17.4. The van der Waals surface area contributed by atoms with Crippen molar-refractivity contribution in [2.45, 2.75) is 0 Å². The molecule has 0 atom stereocenters. The molecule has 0 fully saturated rings. The standard InChI is InChI=1S/C20H17N3O2/c1-25-19-8-3-2-6-18(19)23-13-11-16(20(24)22-12-13)14-5-4-7-17-15(14)9-10-21-17/h2-12,21,23H,1H3,(H,22,24). The maximum absolute atomic E-state index is 12.4. The second-order valence-electron chi connectivity index (χ2n) is 5.70. The van der Waals surface area contributed by atoms with E-state index in [-0.39, 0.29) is 5.56 Å². The molecule has 4 rings (SSSR count). The molecule has 124 valence electrons. The van der Waals surface area contributed by atoms with Crippen molar-refractivity contribution in [3.63, 3.8) is 0 Å². The number of fused-ring (bicyclic) bond motifs is 1. The van der Waals surface area contributed by atoms with Gasteiger partial charge in [-0.3, -0.25) is 4.79 Å². The highest BCUT2D eigenvalue weighted by Gasteiger charge is 2.10. The molecule has 0 saturated carbocycles. The Morgan fingerprint density at radius 3 is 2.72 bits per heavy atom. The maximum atomic E-state index is 12.4. The highest BCUT2D eigenvalue weighted by atomic mass is 16.5. The van der Waals surface area contributed by atoms with Gasteiger partial charge in [0.15, 0.2) is 0 Å². The summed E-state index contributed by atoms with van der Waals surface area (Å²) in [6.07, 6.45) is 3.54. The van der Waals surface area contributed by atoms with Crippen LogP contribution in [0.5, 0.6) is 5.75 Å². The van der Waals surface area contributed by atoms with Crippen LogP contribution < -0.4 is 15.6 Å². The fraction of sp³-hybridized carbons (Fsp3) is 0.0500. The van der Waals surface area contributed by atoms with E-state index in [4.69, 9.17) is 4.74 Å². The Labute approximate surface area is 144 Å². The first-order chi connectivity index (χ1) is 12.3. The van der Waals surface area contributed by atoms with E-state index in [1.165, 1.54) is 0 Å². The molecule has 2 aromatic heterocycles. The van der Waals surface area contributed by atoms with Gasteiger partial charge in [-0.25, -0.2) is 0 Å².